The molecule has 0 aliphatic heterocycles. The minimum absolute atomic E-state index is 0.0996. The van der Waals surface area contributed by atoms with Gasteiger partial charge in [-0.05, 0) is 55.2 Å². The Balaban J connectivity index is 1.67. The van der Waals surface area contributed by atoms with E-state index in [1.54, 1.807) is 29.7 Å². The zero-order valence-corrected chi connectivity index (χ0v) is 32.0. The summed E-state index contributed by atoms with van der Waals surface area (Å²) in [6, 6.07) is 12.3. The molecular formula is C40H58N6O5S. The van der Waals surface area contributed by atoms with Crippen LogP contribution in [0.2, 0.25) is 0 Å². The number of carbonyl (C=O) groups is 3. The third kappa shape index (κ3) is 12.7. The van der Waals surface area contributed by atoms with Crippen molar-refractivity contribution in [3.05, 3.63) is 77.1 Å². The van der Waals surface area contributed by atoms with Crippen LogP contribution in [-0.4, -0.2) is 86.1 Å². The van der Waals surface area contributed by atoms with Crippen molar-refractivity contribution < 1.29 is 24.6 Å². The molecule has 1 saturated carbocycles. The fourth-order valence-corrected chi connectivity index (χ4v) is 7.76. The Labute approximate surface area is 313 Å². The molecule has 2 heterocycles. The van der Waals surface area contributed by atoms with E-state index >= 15 is 4.79 Å². The highest BCUT2D eigenvalue weighted by Crippen LogP contribution is 2.32. The summed E-state index contributed by atoms with van der Waals surface area (Å²) < 4.78 is 0. The first kappa shape index (κ1) is 40.9. The molecule has 0 saturated heterocycles. The van der Waals surface area contributed by atoms with Gasteiger partial charge in [-0.3, -0.25) is 19.4 Å². The molecule has 0 bridgehead atoms. The minimum atomic E-state index is -1.29. The maximum Gasteiger partial charge on any atom is 0.241 e. The van der Waals surface area contributed by atoms with Crippen molar-refractivity contribution in [2.24, 2.45) is 17.8 Å². The number of benzene rings is 1. The third-order valence-electron chi connectivity index (χ3n) is 10.2. The number of anilines is 1. The van der Waals surface area contributed by atoms with Crippen molar-refractivity contribution in [2.75, 3.05) is 25.9 Å². The maximum absolute atomic E-state index is 15.0. The molecule has 5 atom stereocenters. The van der Waals surface area contributed by atoms with Crippen LogP contribution < -0.4 is 11.1 Å². The van der Waals surface area contributed by atoms with Crippen LogP contribution in [0.25, 0.3) is 0 Å². The summed E-state index contributed by atoms with van der Waals surface area (Å²) in [7, 11) is 1.70. The number of aromatic nitrogens is 2. The minimum Gasteiger partial charge on any atom is -0.390 e. The van der Waals surface area contributed by atoms with E-state index in [1.165, 1.54) is 16.2 Å². The molecular weight excluding hydrogens is 677 g/mol. The van der Waals surface area contributed by atoms with Crippen molar-refractivity contribution in [2.45, 2.75) is 109 Å². The monoisotopic (exact) mass is 734 g/mol. The summed E-state index contributed by atoms with van der Waals surface area (Å²) in [4.78, 5) is 54.4. The first-order chi connectivity index (χ1) is 24.9. The lowest BCUT2D eigenvalue weighted by atomic mass is 9.81. The number of amides is 3. The number of carbonyl (C=O) groups excluding carboxylic acids is 3. The Hall–Kier alpha value is -3.87. The van der Waals surface area contributed by atoms with Gasteiger partial charge in [-0.1, -0.05) is 82.3 Å². The van der Waals surface area contributed by atoms with Crippen LogP contribution in [0.15, 0.2) is 60.2 Å². The van der Waals surface area contributed by atoms with E-state index < -0.39 is 30.1 Å². The lowest BCUT2D eigenvalue weighted by Crippen LogP contribution is -2.56. The van der Waals surface area contributed by atoms with Crippen LogP contribution in [0.5, 0.6) is 0 Å². The van der Waals surface area contributed by atoms with Gasteiger partial charge in [0, 0.05) is 44.2 Å². The standard InChI is InChI=1S/C40H58N6O5S/c1-27(2)20-35(47)38(50)34(21-29-12-7-5-8-13-29)46(25-37(49)45(4)19-17-30-14-11-18-42-24-30)39(51)32(22-33-26-52-40(41)44-33)23-36(48)43-28(3)31-15-9-6-10-16-31/h6,9-11,14-16,18,24,26-29,32,34-35,38,47,50H,5,7-8,12-13,17,19-23,25H2,1-4H3,(H2,41,44)(H,43,48)/t28-,32+,34-,35-,38+/m0/s1. The van der Waals surface area contributed by atoms with E-state index in [0.717, 1.165) is 43.2 Å². The summed E-state index contributed by atoms with van der Waals surface area (Å²) in [5.74, 6) is -1.62. The number of nitrogens with zero attached hydrogens (tertiary/aromatic N) is 4. The highest BCUT2D eigenvalue weighted by Gasteiger charge is 2.40. The molecule has 4 rings (SSSR count). The molecule has 1 aromatic carbocycles. The first-order valence-electron chi connectivity index (χ1n) is 18.7. The molecule has 284 valence electrons. The van der Waals surface area contributed by atoms with Crippen molar-refractivity contribution in [1.29, 1.82) is 0 Å². The number of nitrogens with two attached hydrogens (primary N) is 1. The molecule has 0 unspecified atom stereocenters. The van der Waals surface area contributed by atoms with Gasteiger partial charge < -0.3 is 31.1 Å². The van der Waals surface area contributed by atoms with Gasteiger partial charge in [0.05, 0.1) is 29.8 Å². The van der Waals surface area contributed by atoms with E-state index in [2.05, 4.69) is 15.3 Å². The van der Waals surface area contributed by atoms with Gasteiger partial charge in [-0.15, -0.1) is 11.3 Å². The molecule has 12 heteroatoms. The SMILES string of the molecule is CC(C)C[C@H](O)[C@H](O)[C@H](CC1CCCCC1)N(CC(=O)N(C)CCc1cccnc1)C(=O)[C@@H](CC(=O)N[C@@H](C)c1ccccc1)Cc1csc(N)n1. The fraction of sp³-hybridized carbons (Fsp3) is 0.575. The van der Waals surface area contributed by atoms with E-state index in [4.69, 9.17) is 5.73 Å². The number of nitrogen functional groups attached to an aromatic ring is 1. The van der Waals surface area contributed by atoms with Crippen LogP contribution in [0.4, 0.5) is 5.13 Å². The van der Waals surface area contributed by atoms with E-state index in [0.29, 0.717) is 36.6 Å². The smallest absolute Gasteiger partial charge is 0.241 e. The van der Waals surface area contributed by atoms with Gasteiger partial charge in [-0.2, -0.15) is 0 Å². The van der Waals surface area contributed by atoms with E-state index in [-0.39, 0.29) is 49.1 Å². The maximum atomic E-state index is 15.0. The molecule has 3 amide bonds. The number of pyridine rings is 1. The van der Waals surface area contributed by atoms with Crippen molar-refractivity contribution >= 4 is 34.2 Å². The summed E-state index contributed by atoms with van der Waals surface area (Å²) in [6.45, 7) is 5.94. The molecule has 1 aliphatic rings. The fourth-order valence-electron chi connectivity index (χ4n) is 7.19. The molecule has 5 N–H and O–H groups in total. The zero-order chi connectivity index (χ0) is 37.6. The predicted molar refractivity (Wildman–Crippen MR) is 205 cm³/mol. The molecule has 1 fully saturated rings. The zero-order valence-electron chi connectivity index (χ0n) is 31.2. The Morgan fingerprint density at radius 3 is 2.40 bits per heavy atom. The van der Waals surface area contributed by atoms with Crippen molar-refractivity contribution in [3.63, 3.8) is 0 Å². The average Bonchev–Trinajstić information content (AvgIpc) is 3.55. The van der Waals surface area contributed by atoms with Gasteiger partial charge in [0.15, 0.2) is 5.13 Å². The molecule has 0 radical (unpaired) electrons. The van der Waals surface area contributed by atoms with Crippen LogP contribution in [0.3, 0.4) is 0 Å². The number of nitrogens with one attached hydrogen (secondary N) is 1. The van der Waals surface area contributed by atoms with Crippen molar-refractivity contribution in [3.8, 4) is 0 Å². The lowest BCUT2D eigenvalue weighted by molar-refractivity contribution is -0.151. The lowest BCUT2D eigenvalue weighted by Gasteiger charge is -2.41. The summed E-state index contributed by atoms with van der Waals surface area (Å²) in [6.07, 6.45) is 7.56. The topological polar surface area (TPSA) is 162 Å². The van der Waals surface area contributed by atoms with Crippen LogP contribution in [0.1, 0.15) is 95.0 Å². The molecule has 1 aliphatic carbocycles. The Bertz CT molecular complexity index is 1530. The Morgan fingerprint density at radius 2 is 1.77 bits per heavy atom. The van der Waals surface area contributed by atoms with E-state index in [9.17, 15) is 19.8 Å². The van der Waals surface area contributed by atoms with Crippen molar-refractivity contribution in [1.82, 2.24) is 25.1 Å². The van der Waals surface area contributed by atoms with Gasteiger partial charge >= 0.3 is 0 Å². The Morgan fingerprint density at radius 1 is 1.04 bits per heavy atom. The molecule has 2 aromatic heterocycles. The van der Waals surface area contributed by atoms with Gasteiger partial charge in [-0.25, -0.2) is 4.98 Å². The molecule has 3 aromatic rings. The van der Waals surface area contributed by atoms with Gasteiger partial charge in [0.1, 0.15) is 12.6 Å². The predicted octanol–water partition coefficient (Wildman–Crippen LogP) is 5.18. The summed E-state index contributed by atoms with van der Waals surface area (Å²) in [5.41, 5.74) is 8.47. The number of aliphatic hydroxyl groups excluding tert-OH is 2. The number of rotatable bonds is 19. The van der Waals surface area contributed by atoms with Gasteiger partial charge in [0.2, 0.25) is 17.7 Å². The molecule has 52 heavy (non-hydrogen) atoms. The molecule has 0 spiro atoms. The number of aliphatic hydroxyl groups is 2. The van der Waals surface area contributed by atoms with Crippen LogP contribution in [0, 0.1) is 17.8 Å². The van der Waals surface area contributed by atoms with Gasteiger partial charge in [0.25, 0.3) is 0 Å². The normalized spacial score (nSPS) is 16.4. The number of likely N-dealkylation sites (N-methyl/N-ethyl adjacent to an activating group) is 1. The second-order valence-electron chi connectivity index (χ2n) is 14.9. The third-order valence-corrected chi connectivity index (χ3v) is 10.9. The second kappa shape index (κ2) is 20.4. The Kier molecular flexibility index (Phi) is 16.0. The number of hydrogen-bond acceptors (Lipinski definition) is 9. The highest BCUT2D eigenvalue weighted by molar-refractivity contribution is 7.13. The number of thiazole rings is 1. The number of hydrogen-bond donors (Lipinski definition) is 4. The first-order valence-corrected chi connectivity index (χ1v) is 19.6. The van der Waals surface area contributed by atoms with E-state index in [1.807, 2.05) is 63.2 Å². The summed E-state index contributed by atoms with van der Waals surface area (Å²) in [5, 5.41) is 28.4. The highest BCUT2D eigenvalue weighted by atomic mass is 32.1. The van der Waals surface area contributed by atoms with Crippen LogP contribution >= 0.6 is 11.3 Å². The second-order valence-corrected chi connectivity index (χ2v) is 15.8. The molecule has 11 nitrogen and oxygen atoms in total. The van der Waals surface area contributed by atoms with Crippen LogP contribution in [-0.2, 0) is 27.2 Å². The average molecular weight is 735 g/mol. The largest absolute Gasteiger partial charge is 0.390 e. The summed E-state index contributed by atoms with van der Waals surface area (Å²) >= 11 is 1.26. The quantitative estimate of drug-likeness (QED) is 0.131.